The minimum atomic E-state index is -3.37. The number of ether oxygens (including phenoxy) is 3. The number of pyridine rings is 1. The molecule has 160 valence electrons. The molecule has 0 aliphatic carbocycles. The van der Waals surface area contributed by atoms with Crippen LogP contribution in [0.5, 0.6) is 17.2 Å². The Morgan fingerprint density at radius 3 is 1.97 bits per heavy atom. The zero-order valence-electron chi connectivity index (χ0n) is 17.7. The van der Waals surface area contributed by atoms with Gasteiger partial charge in [-0.15, -0.1) is 0 Å². The smallest absolute Gasteiger partial charge is 0.334 e. The highest BCUT2D eigenvalue weighted by molar-refractivity contribution is 7.54. The molecule has 7 nitrogen and oxygen atoms in total. The van der Waals surface area contributed by atoms with Crippen LogP contribution in [0.3, 0.4) is 0 Å². The lowest BCUT2D eigenvalue weighted by Gasteiger charge is -2.27. The number of hydrogen-bond donors (Lipinski definition) is 0. The molecule has 0 aliphatic rings. The van der Waals surface area contributed by atoms with Gasteiger partial charge in [-0.2, -0.15) is 0 Å². The second kappa shape index (κ2) is 11.2. The molecule has 0 spiro atoms. The Morgan fingerprint density at radius 1 is 0.931 bits per heavy atom. The van der Waals surface area contributed by atoms with Gasteiger partial charge in [-0.1, -0.05) is 6.07 Å². The monoisotopic (exact) mass is 423 g/mol. The third-order valence-corrected chi connectivity index (χ3v) is 6.95. The SMILES string of the molecule is CCOP(=O)(OCC)C(Cc1cccnc1)Cc1cc(OC)c(OC)c(OC)c1. The first kappa shape index (κ1) is 23.2. The van der Waals surface area contributed by atoms with Crippen LogP contribution in [-0.4, -0.2) is 45.2 Å². The molecule has 1 atom stereocenters. The summed E-state index contributed by atoms with van der Waals surface area (Å²) in [4.78, 5) is 4.17. The van der Waals surface area contributed by atoms with Crippen LogP contribution in [0, 0.1) is 0 Å². The van der Waals surface area contributed by atoms with Crippen molar-refractivity contribution in [3.8, 4) is 17.2 Å². The number of nitrogens with zero attached hydrogens (tertiary/aromatic N) is 1. The van der Waals surface area contributed by atoms with Gasteiger partial charge < -0.3 is 23.3 Å². The number of hydrogen-bond acceptors (Lipinski definition) is 7. The standard InChI is InChI=1S/C21H30NO6P/c1-6-27-29(23,28-7-2)18(11-16-9-8-10-22-15-16)12-17-13-19(24-3)21(26-5)20(14-17)25-4/h8-10,13-15,18H,6-7,11-12H2,1-5H3. The topological polar surface area (TPSA) is 76.1 Å². The van der Waals surface area contributed by atoms with E-state index >= 15 is 0 Å². The van der Waals surface area contributed by atoms with Gasteiger partial charge in [0.05, 0.1) is 40.2 Å². The molecule has 0 amide bonds. The summed E-state index contributed by atoms with van der Waals surface area (Å²) >= 11 is 0. The predicted molar refractivity (Wildman–Crippen MR) is 112 cm³/mol. The van der Waals surface area contributed by atoms with E-state index in [-0.39, 0.29) is 0 Å². The molecule has 0 saturated carbocycles. The first-order valence-electron chi connectivity index (χ1n) is 9.57. The summed E-state index contributed by atoms with van der Waals surface area (Å²) in [5.74, 6) is 1.61. The van der Waals surface area contributed by atoms with Crippen molar-refractivity contribution in [1.29, 1.82) is 0 Å². The van der Waals surface area contributed by atoms with Crippen molar-refractivity contribution < 1.29 is 27.8 Å². The second-order valence-corrected chi connectivity index (χ2v) is 8.66. The fraction of sp³-hybridized carbons (Fsp3) is 0.476. The first-order chi connectivity index (χ1) is 14.0. The average molecular weight is 423 g/mol. The second-order valence-electron chi connectivity index (χ2n) is 6.33. The molecule has 2 rings (SSSR count). The quantitative estimate of drug-likeness (QED) is 0.464. The van der Waals surface area contributed by atoms with Crippen molar-refractivity contribution in [2.75, 3.05) is 34.5 Å². The molecule has 1 unspecified atom stereocenters. The largest absolute Gasteiger partial charge is 0.493 e. The van der Waals surface area contributed by atoms with Gasteiger partial charge in [-0.05, 0) is 56.0 Å². The maximum Gasteiger partial charge on any atom is 0.334 e. The van der Waals surface area contributed by atoms with E-state index in [1.54, 1.807) is 33.7 Å². The van der Waals surface area contributed by atoms with E-state index in [1.807, 2.05) is 38.1 Å². The van der Waals surface area contributed by atoms with Crippen LogP contribution in [0.1, 0.15) is 25.0 Å². The van der Waals surface area contributed by atoms with Crippen LogP contribution < -0.4 is 14.2 Å². The van der Waals surface area contributed by atoms with Crippen molar-refractivity contribution in [3.63, 3.8) is 0 Å². The highest BCUT2D eigenvalue weighted by Gasteiger charge is 2.36. The number of methoxy groups -OCH3 is 3. The number of aromatic nitrogens is 1. The van der Waals surface area contributed by atoms with Gasteiger partial charge >= 0.3 is 7.60 Å². The Kier molecular flexibility index (Phi) is 8.96. The van der Waals surface area contributed by atoms with Crippen LogP contribution in [0.15, 0.2) is 36.7 Å². The van der Waals surface area contributed by atoms with Gasteiger partial charge in [-0.3, -0.25) is 9.55 Å². The lowest BCUT2D eigenvalue weighted by molar-refractivity contribution is 0.211. The minimum Gasteiger partial charge on any atom is -0.493 e. The maximum absolute atomic E-state index is 13.6. The van der Waals surface area contributed by atoms with Gasteiger partial charge in [0.25, 0.3) is 0 Å². The number of benzene rings is 1. The zero-order valence-corrected chi connectivity index (χ0v) is 18.6. The molecule has 2 aromatic rings. The normalized spacial score (nSPS) is 12.4. The van der Waals surface area contributed by atoms with E-state index in [4.69, 9.17) is 23.3 Å². The van der Waals surface area contributed by atoms with Crippen molar-refractivity contribution in [3.05, 3.63) is 47.8 Å². The molecule has 0 bridgehead atoms. The Labute approximate surface area is 172 Å². The van der Waals surface area contributed by atoms with Gasteiger partial charge in [0.2, 0.25) is 5.75 Å². The molecule has 1 heterocycles. The van der Waals surface area contributed by atoms with E-state index in [2.05, 4.69) is 4.98 Å². The van der Waals surface area contributed by atoms with Crippen LogP contribution in [0.4, 0.5) is 0 Å². The molecule has 1 aromatic heterocycles. The Balaban J connectivity index is 2.45. The number of rotatable bonds is 12. The van der Waals surface area contributed by atoms with Crippen LogP contribution in [-0.2, 0) is 26.5 Å². The molecule has 1 aromatic carbocycles. The van der Waals surface area contributed by atoms with E-state index in [0.717, 1.165) is 11.1 Å². The van der Waals surface area contributed by atoms with Crippen molar-refractivity contribution in [1.82, 2.24) is 4.98 Å². The molecular weight excluding hydrogens is 393 g/mol. The predicted octanol–water partition coefficient (Wildman–Crippen LogP) is 4.53. The fourth-order valence-electron chi connectivity index (χ4n) is 3.22. The Bertz CT molecular complexity index is 779. The van der Waals surface area contributed by atoms with Crippen molar-refractivity contribution in [2.45, 2.75) is 32.3 Å². The summed E-state index contributed by atoms with van der Waals surface area (Å²) < 4.78 is 41.2. The summed E-state index contributed by atoms with van der Waals surface area (Å²) in [5, 5.41) is 0. The summed E-state index contributed by atoms with van der Waals surface area (Å²) in [6.07, 6.45) is 4.43. The van der Waals surface area contributed by atoms with Crippen LogP contribution >= 0.6 is 7.60 Å². The highest BCUT2D eigenvalue weighted by atomic mass is 31.2. The van der Waals surface area contributed by atoms with E-state index in [0.29, 0.717) is 43.3 Å². The van der Waals surface area contributed by atoms with E-state index < -0.39 is 13.3 Å². The Morgan fingerprint density at radius 2 is 1.52 bits per heavy atom. The van der Waals surface area contributed by atoms with E-state index in [1.165, 1.54) is 0 Å². The molecule has 0 saturated heterocycles. The molecule has 0 fully saturated rings. The summed E-state index contributed by atoms with van der Waals surface area (Å²) in [7, 11) is 1.33. The first-order valence-corrected chi connectivity index (χ1v) is 11.2. The summed E-state index contributed by atoms with van der Waals surface area (Å²) in [5.41, 5.74) is 1.45. The van der Waals surface area contributed by atoms with E-state index in [9.17, 15) is 4.57 Å². The van der Waals surface area contributed by atoms with Gasteiger partial charge in [0, 0.05) is 12.4 Å². The van der Waals surface area contributed by atoms with Gasteiger partial charge in [0.15, 0.2) is 11.5 Å². The Hall–Kier alpha value is -2.08. The lowest BCUT2D eigenvalue weighted by atomic mass is 10.0. The van der Waals surface area contributed by atoms with Crippen molar-refractivity contribution in [2.24, 2.45) is 0 Å². The van der Waals surface area contributed by atoms with Crippen LogP contribution in [0.25, 0.3) is 0 Å². The molecular formula is C21H30NO6P. The van der Waals surface area contributed by atoms with Gasteiger partial charge in [-0.25, -0.2) is 0 Å². The summed E-state index contributed by atoms with van der Waals surface area (Å²) in [6.45, 7) is 4.23. The van der Waals surface area contributed by atoms with Gasteiger partial charge in [0.1, 0.15) is 0 Å². The molecule has 0 N–H and O–H groups in total. The molecule has 0 aliphatic heterocycles. The third-order valence-electron chi connectivity index (χ3n) is 4.46. The molecule has 0 radical (unpaired) electrons. The highest BCUT2D eigenvalue weighted by Crippen LogP contribution is 2.55. The molecule has 29 heavy (non-hydrogen) atoms. The zero-order chi connectivity index (χ0) is 21.3. The lowest BCUT2D eigenvalue weighted by Crippen LogP contribution is -2.19. The minimum absolute atomic E-state index is 0.302. The van der Waals surface area contributed by atoms with Crippen molar-refractivity contribution >= 4 is 7.60 Å². The average Bonchev–Trinajstić information content (AvgIpc) is 2.73. The third kappa shape index (κ3) is 5.95. The van der Waals surface area contributed by atoms with Crippen LogP contribution in [0.2, 0.25) is 0 Å². The maximum atomic E-state index is 13.6. The fourth-order valence-corrected chi connectivity index (χ4v) is 5.30. The summed E-state index contributed by atoms with van der Waals surface area (Å²) in [6, 6.07) is 7.54. The molecule has 8 heteroatoms.